The minimum Gasteiger partial charge on any atom is -0.464 e. The number of furan rings is 1. The van der Waals surface area contributed by atoms with E-state index in [1.807, 2.05) is 12.3 Å². The molecular weight excluding hydrogens is 404 g/mol. The zero-order valence-corrected chi connectivity index (χ0v) is 18.8. The van der Waals surface area contributed by atoms with Gasteiger partial charge in [-0.05, 0) is 82.5 Å². The van der Waals surface area contributed by atoms with Crippen LogP contribution in [0.1, 0.15) is 62.8 Å². The molecule has 0 spiro atoms. The van der Waals surface area contributed by atoms with E-state index in [4.69, 9.17) is 13.9 Å². The van der Waals surface area contributed by atoms with E-state index in [9.17, 15) is 4.79 Å². The van der Waals surface area contributed by atoms with E-state index >= 15 is 0 Å². The van der Waals surface area contributed by atoms with Gasteiger partial charge in [-0.3, -0.25) is 4.79 Å². The molecule has 6 nitrogen and oxygen atoms in total. The van der Waals surface area contributed by atoms with E-state index in [0.29, 0.717) is 17.7 Å². The lowest BCUT2D eigenvalue weighted by Gasteiger charge is -2.34. The molecule has 1 aromatic heterocycles. The van der Waals surface area contributed by atoms with Crippen LogP contribution in [0.3, 0.4) is 0 Å². The molecule has 0 radical (unpaired) electrons. The Morgan fingerprint density at radius 3 is 2.66 bits per heavy atom. The normalized spacial score (nSPS) is 24.7. The van der Waals surface area contributed by atoms with E-state index in [0.717, 1.165) is 24.3 Å². The molecule has 1 aliphatic carbocycles. The number of fused-ring (bicyclic) bond motifs is 1. The van der Waals surface area contributed by atoms with Gasteiger partial charge in [-0.1, -0.05) is 18.2 Å². The Kier molecular flexibility index (Phi) is 6.67. The van der Waals surface area contributed by atoms with Crippen LogP contribution < -0.4 is 5.32 Å². The average Bonchev–Trinajstić information content (AvgIpc) is 3.49. The number of carbonyl (C=O) groups is 1. The molecule has 2 aromatic rings. The monoisotopic (exact) mass is 438 g/mol. The number of benzene rings is 1. The van der Waals surface area contributed by atoms with Crippen LogP contribution >= 0.6 is 0 Å². The van der Waals surface area contributed by atoms with Gasteiger partial charge in [0.05, 0.1) is 12.7 Å². The fraction of sp³-hybridized carbons (Fsp3) is 0.577. The van der Waals surface area contributed by atoms with Crippen molar-refractivity contribution in [3.05, 3.63) is 48.1 Å². The summed E-state index contributed by atoms with van der Waals surface area (Å²) in [6, 6.07) is 8.70. The lowest BCUT2D eigenvalue weighted by Crippen LogP contribution is -2.38. The summed E-state index contributed by atoms with van der Waals surface area (Å²) in [7, 11) is 0. The second-order valence-electron chi connectivity index (χ2n) is 9.57. The van der Waals surface area contributed by atoms with Crippen molar-refractivity contribution >= 4 is 16.9 Å². The van der Waals surface area contributed by atoms with Gasteiger partial charge in [-0.2, -0.15) is 0 Å². The van der Waals surface area contributed by atoms with Gasteiger partial charge < -0.3 is 24.1 Å². The summed E-state index contributed by atoms with van der Waals surface area (Å²) in [6.45, 7) is 3.78. The van der Waals surface area contributed by atoms with Crippen molar-refractivity contribution in [2.75, 3.05) is 26.4 Å². The summed E-state index contributed by atoms with van der Waals surface area (Å²) in [6.07, 6.45) is 12.1. The lowest BCUT2D eigenvalue weighted by atomic mass is 9.83. The van der Waals surface area contributed by atoms with Gasteiger partial charge in [0.1, 0.15) is 17.6 Å². The Bertz CT molecular complexity index is 936. The van der Waals surface area contributed by atoms with E-state index in [1.165, 1.54) is 69.0 Å². The summed E-state index contributed by atoms with van der Waals surface area (Å²) in [5.41, 5.74) is 2.40. The van der Waals surface area contributed by atoms with Crippen molar-refractivity contribution < 1.29 is 18.7 Å². The highest BCUT2D eigenvalue weighted by Gasteiger charge is 2.26. The summed E-state index contributed by atoms with van der Waals surface area (Å²) in [5, 5.41) is 4.46. The van der Waals surface area contributed by atoms with Gasteiger partial charge >= 0.3 is 0 Å². The second kappa shape index (κ2) is 9.99. The van der Waals surface area contributed by atoms with Crippen molar-refractivity contribution in [3.8, 4) is 0 Å². The average molecular weight is 439 g/mol. The molecule has 3 heterocycles. The molecule has 1 saturated heterocycles. The Morgan fingerprint density at radius 2 is 1.88 bits per heavy atom. The van der Waals surface area contributed by atoms with Gasteiger partial charge in [0.15, 0.2) is 0 Å². The third-order valence-electron chi connectivity index (χ3n) is 7.47. The van der Waals surface area contributed by atoms with E-state index in [-0.39, 0.29) is 19.1 Å². The van der Waals surface area contributed by atoms with Crippen molar-refractivity contribution in [2.24, 2.45) is 5.92 Å². The SMILES string of the molecule is O=C(CC1=COCO1)NC1CCC(CCN2CCC(c3coc4ccccc34)CC2)CC1. The lowest BCUT2D eigenvalue weighted by molar-refractivity contribution is -0.122. The predicted octanol–water partition coefficient (Wildman–Crippen LogP) is 4.91. The smallest absolute Gasteiger partial charge is 0.229 e. The summed E-state index contributed by atoms with van der Waals surface area (Å²) >= 11 is 0. The number of nitrogens with one attached hydrogen (secondary N) is 1. The maximum Gasteiger partial charge on any atom is 0.229 e. The zero-order valence-electron chi connectivity index (χ0n) is 18.8. The standard InChI is InChI=1S/C26H34N2O4/c29-26(15-22-16-30-18-32-22)27-21-7-5-19(6-8-21)9-12-28-13-10-20(11-14-28)24-17-31-25-4-2-1-3-23(24)25/h1-4,16-17,19-21H,5-15,18H2,(H,27,29). The number of piperidine rings is 1. The molecule has 2 aliphatic heterocycles. The topological polar surface area (TPSA) is 63.9 Å². The maximum atomic E-state index is 12.2. The second-order valence-corrected chi connectivity index (χ2v) is 9.57. The Labute approximate surface area is 189 Å². The summed E-state index contributed by atoms with van der Waals surface area (Å²) in [5.74, 6) is 2.07. The van der Waals surface area contributed by atoms with Crippen molar-refractivity contribution in [1.82, 2.24) is 10.2 Å². The molecule has 3 aliphatic rings. The van der Waals surface area contributed by atoms with E-state index in [1.54, 1.807) is 0 Å². The van der Waals surface area contributed by atoms with Crippen molar-refractivity contribution in [3.63, 3.8) is 0 Å². The molecule has 1 saturated carbocycles. The Hall–Kier alpha value is -2.47. The largest absolute Gasteiger partial charge is 0.464 e. The third kappa shape index (κ3) is 5.12. The summed E-state index contributed by atoms with van der Waals surface area (Å²) in [4.78, 5) is 14.8. The number of para-hydroxylation sites is 1. The number of ether oxygens (including phenoxy) is 2. The molecule has 2 fully saturated rings. The quantitative estimate of drug-likeness (QED) is 0.665. The number of carbonyl (C=O) groups excluding carboxylic acids is 1. The van der Waals surface area contributed by atoms with Crippen LogP contribution in [0, 0.1) is 5.92 Å². The van der Waals surface area contributed by atoms with Gasteiger partial charge in [0.25, 0.3) is 0 Å². The van der Waals surface area contributed by atoms with Crippen LogP contribution in [-0.4, -0.2) is 43.3 Å². The van der Waals surface area contributed by atoms with Gasteiger partial charge in [-0.25, -0.2) is 0 Å². The first kappa shape index (κ1) is 21.4. The third-order valence-corrected chi connectivity index (χ3v) is 7.47. The first-order valence-electron chi connectivity index (χ1n) is 12.2. The van der Waals surface area contributed by atoms with Crippen LogP contribution in [0.5, 0.6) is 0 Å². The fourth-order valence-corrected chi connectivity index (χ4v) is 5.54. The molecule has 1 N–H and O–H groups in total. The van der Waals surface area contributed by atoms with Crippen LogP contribution in [0.15, 0.2) is 47.0 Å². The Morgan fingerprint density at radius 1 is 1.06 bits per heavy atom. The number of hydrogen-bond donors (Lipinski definition) is 1. The predicted molar refractivity (Wildman–Crippen MR) is 123 cm³/mol. The molecule has 1 amide bonds. The molecule has 32 heavy (non-hydrogen) atoms. The molecule has 0 bridgehead atoms. The summed E-state index contributed by atoms with van der Waals surface area (Å²) < 4.78 is 16.0. The highest BCUT2D eigenvalue weighted by molar-refractivity contribution is 5.81. The minimum absolute atomic E-state index is 0.0403. The minimum atomic E-state index is 0.0403. The van der Waals surface area contributed by atoms with Crippen molar-refractivity contribution in [1.29, 1.82) is 0 Å². The number of rotatable bonds is 7. The number of likely N-dealkylation sites (tertiary alicyclic amines) is 1. The van der Waals surface area contributed by atoms with E-state index in [2.05, 4.69) is 28.4 Å². The first-order chi connectivity index (χ1) is 15.7. The van der Waals surface area contributed by atoms with Crippen molar-refractivity contribution in [2.45, 2.75) is 63.3 Å². The van der Waals surface area contributed by atoms with Gasteiger partial charge in [-0.15, -0.1) is 0 Å². The molecule has 1 aromatic carbocycles. The zero-order chi connectivity index (χ0) is 21.8. The van der Waals surface area contributed by atoms with Gasteiger partial charge in [0, 0.05) is 17.0 Å². The molecule has 6 heteroatoms. The van der Waals surface area contributed by atoms with Crippen LogP contribution in [0.4, 0.5) is 0 Å². The van der Waals surface area contributed by atoms with Crippen LogP contribution in [0.25, 0.3) is 11.0 Å². The number of amides is 1. The molecule has 172 valence electrons. The fourth-order valence-electron chi connectivity index (χ4n) is 5.54. The highest BCUT2D eigenvalue weighted by atomic mass is 16.7. The highest BCUT2D eigenvalue weighted by Crippen LogP contribution is 2.35. The maximum absolute atomic E-state index is 12.2. The Balaban J connectivity index is 1.00. The number of nitrogens with zero attached hydrogens (tertiary/aromatic N) is 1. The number of hydrogen-bond acceptors (Lipinski definition) is 5. The molecule has 0 unspecified atom stereocenters. The van der Waals surface area contributed by atoms with Gasteiger partial charge in [0.2, 0.25) is 12.7 Å². The first-order valence-corrected chi connectivity index (χ1v) is 12.2. The van der Waals surface area contributed by atoms with Crippen LogP contribution in [0.2, 0.25) is 0 Å². The van der Waals surface area contributed by atoms with E-state index < -0.39 is 0 Å². The van der Waals surface area contributed by atoms with Crippen LogP contribution in [-0.2, 0) is 14.3 Å². The molecule has 0 atom stereocenters. The molecular formula is C26H34N2O4. The molecule has 5 rings (SSSR count).